The van der Waals surface area contributed by atoms with Crippen molar-refractivity contribution in [2.45, 2.75) is 6.54 Å². The second kappa shape index (κ2) is 5.04. The first-order valence-electron chi connectivity index (χ1n) is 4.81. The van der Waals surface area contributed by atoms with Gasteiger partial charge < -0.3 is 16.2 Å². The molecule has 1 aromatic carbocycles. The molecule has 3 nitrogen and oxygen atoms in total. The summed E-state index contributed by atoms with van der Waals surface area (Å²) in [6, 6.07) is 5.09. The summed E-state index contributed by atoms with van der Waals surface area (Å²) in [6.45, 7) is 0.598. The summed E-state index contributed by atoms with van der Waals surface area (Å²) in [5, 5.41) is 14.9. The largest absolute Gasteiger partial charge is 0.505 e. The molecule has 2 rings (SSSR count). The van der Waals surface area contributed by atoms with Crippen molar-refractivity contribution in [3.8, 4) is 5.75 Å². The van der Waals surface area contributed by atoms with Crippen molar-refractivity contribution >= 4 is 45.9 Å². The van der Waals surface area contributed by atoms with Gasteiger partial charge in [0.2, 0.25) is 0 Å². The highest BCUT2D eigenvalue weighted by Crippen LogP contribution is 2.35. The van der Waals surface area contributed by atoms with Gasteiger partial charge in [0.1, 0.15) is 0 Å². The number of phenols is 1. The average Bonchev–Trinajstić information content (AvgIpc) is 2.69. The smallest absolute Gasteiger partial charge is 0.152 e. The van der Waals surface area contributed by atoms with Crippen molar-refractivity contribution in [1.82, 2.24) is 0 Å². The topological polar surface area (TPSA) is 58.3 Å². The zero-order valence-electron chi connectivity index (χ0n) is 8.71. The number of hydrogen-bond donors (Lipinski definition) is 3. The van der Waals surface area contributed by atoms with E-state index in [4.69, 9.17) is 28.9 Å². The van der Waals surface area contributed by atoms with E-state index in [2.05, 4.69) is 5.32 Å². The highest BCUT2D eigenvalue weighted by molar-refractivity contribution is 7.10. The van der Waals surface area contributed by atoms with Gasteiger partial charge >= 0.3 is 0 Å². The summed E-state index contributed by atoms with van der Waals surface area (Å²) in [7, 11) is 0. The molecule has 0 unspecified atom stereocenters. The van der Waals surface area contributed by atoms with Crippen LogP contribution in [0.4, 0.5) is 11.4 Å². The van der Waals surface area contributed by atoms with Crippen molar-refractivity contribution in [3.63, 3.8) is 0 Å². The summed E-state index contributed by atoms with van der Waals surface area (Å²) in [5.74, 6) is -0.102. The van der Waals surface area contributed by atoms with E-state index in [-0.39, 0.29) is 15.8 Å². The Morgan fingerprint density at radius 2 is 1.94 bits per heavy atom. The lowest BCUT2D eigenvalue weighted by molar-refractivity contribution is 0.476. The highest BCUT2D eigenvalue weighted by atomic mass is 35.5. The number of phenolic OH excluding ortho intramolecular Hbond substituents is 1. The molecule has 0 amide bonds. The lowest BCUT2D eigenvalue weighted by atomic mass is 10.3. The second-order valence-corrected chi connectivity index (χ2v) is 5.26. The molecular weight excluding hydrogens is 279 g/mol. The van der Waals surface area contributed by atoms with Gasteiger partial charge in [-0.25, -0.2) is 0 Å². The van der Waals surface area contributed by atoms with Gasteiger partial charge in [-0.1, -0.05) is 23.2 Å². The minimum atomic E-state index is -0.102. The predicted octanol–water partition coefficient (Wildman–Crippen LogP) is 3.95. The molecule has 0 aliphatic heterocycles. The summed E-state index contributed by atoms with van der Waals surface area (Å²) in [6.07, 6.45) is 0. The molecule has 17 heavy (non-hydrogen) atoms. The van der Waals surface area contributed by atoms with Crippen LogP contribution in [0.25, 0.3) is 0 Å². The van der Waals surface area contributed by atoms with Crippen LogP contribution in [0.1, 0.15) is 4.88 Å². The number of anilines is 2. The maximum atomic E-state index is 9.42. The van der Waals surface area contributed by atoms with E-state index in [0.29, 0.717) is 6.54 Å². The van der Waals surface area contributed by atoms with Gasteiger partial charge in [0.05, 0.1) is 16.6 Å². The van der Waals surface area contributed by atoms with Crippen LogP contribution in [-0.2, 0) is 6.54 Å². The van der Waals surface area contributed by atoms with Crippen molar-refractivity contribution < 1.29 is 5.11 Å². The van der Waals surface area contributed by atoms with E-state index in [0.717, 1.165) is 16.3 Å². The molecule has 4 N–H and O–H groups in total. The van der Waals surface area contributed by atoms with Crippen LogP contribution < -0.4 is 11.1 Å². The molecule has 0 aliphatic rings. The lowest BCUT2D eigenvalue weighted by Crippen LogP contribution is -1.99. The zero-order valence-corrected chi connectivity index (χ0v) is 11.0. The number of benzene rings is 1. The van der Waals surface area contributed by atoms with Crippen LogP contribution in [0.2, 0.25) is 10.0 Å². The number of nitrogen functional groups attached to an aromatic ring is 1. The van der Waals surface area contributed by atoms with Crippen LogP contribution in [0.5, 0.6) is 5.75 Å². The Morgan fingerprint density at radius 1 is 1.29 bits per heavy atom. The molecule has 0 spiro atoms. The van der Waals surface area contributed by atoms with E-state index >= 15 is 0 Å². The van der Waals surface area contributed by atoms with Crippen molar-refractivity contribution in [2.75, 3.05) is 11.1 Å². The fourth-order valence-electron chi connectivity index (χ4n) is 1.34. The standard InChI is InChI=1S/C11H10Cl2N2OS/c12-7-3-6(4-8(13)11(7)16)15-5-10-9(14)1-2-17-10/h1-4,15-16H,5,14H2. The van der Waals surface area contributed by atoms with Gasteiger partial charge in [0.25, 0.3) is 0 Å². The Hall–Kier alpha value is -1.10. The van der Waals surface area contributed by atoms with Crippen LogP contribution in [0.15, 0.2) is 23.6 Å². The number of aromatic hydroxyl groups is 1. The first kappa shape index (κ1) is 12.4. The SMILES string of the molecule is Nc1ccsc1CNc1cc(Cl)c(O)c(Cl)c1. The Balaban J connectivity index is 2.12. The molecule has 6 heteroatoms. The lowest BCUT2D eigenvalue weighted by Gasteiger charge is -2.08. The minimum Gasteiger partial charge on any atom is -0.505 e. The molecule has 90 valence electrons. The van der Waals surface area contributed by atoms with Crippen molar-refractivity contribution in [3.05, 3.63) is 38.5 Å². The highest BCUT2D eigenvalue weighted by Gasteiger charge is 2.07. The third-order valence-electron chi connectivity index (χ3n) is 2.25. The van der Waals surface area contributed by atoms with Gasteiger partial charge in [-0.05, 0) is 23.6 Å². The summed E-state index contributed by atoms with van der Waals surface area (Å²) >= 11 is 13.2. The van der Waals surface area contributed by atoms with E-state index in [9.17, 15) is 5.11 Å². The fraction of sp³-hybridized carbons (Fsp3) is 0.0909. The Labute approximate surface area is 113 Å². The molecule has 2 aromatic rings. The van der Waals surface area contributed by atoms with Crippen LogP contribution >= 0.6 is 34.5 Å². The number of halogens is 2. The number of thiophene rings is 1. The molecule has 1 heterocycles. The molecule has 0 saturated heterocycles. The van der Waals surface area contributed by atoms with Gasteiger partial charge in [0, 0.05) is 16.3 Å². The van der Waals surface area contributed by atoms with Crippen LogP contribution in [0, 0.1) is 0 Å². The van der Waals surface area contributed by atoms with Gasteiger partial charge in [-0.3, -0.25) is 0 Å². The minimum absolute atomic E-state index is 0.102. The molecule has 0 saturated carbocycles. The molecule has 0 bridgehead atoms. The quantitative estimate of drug-likeness (QED) is 0.750. The molecule has 0 radical (unpaired) electrons. The third-order valence-corrected chi connectivity index (χ3v) is 3.76. The van der Waals surface area contributed by atoms with Gasteiger partial charge in [0.15, 0.2) is 5.75 Å². The third kappa shape index (κ3) is 2.77. The second-order valence-electron chi connectivity index (χ2n) is 3.44. The fourth-order valence-corrected chi connectivity index (χ4v) is 2.57. The van der Waals surface area contributed by atoms with Crippen molar-refractivity contribution in [2.24, 2.45) is 0 Å². The maximum Gasteiger partial charge on any atom is 0.152 e. The number of nitrogens with one attached hydrogen (secondary N) is 1. The van der Waals surface area contributed by atoms with E-state index in [1.807, 2.05) is 11.4 Å². The normalized spacial score (nSPS) is 10.5. The number of nitrogens with two attached hydrogens (primary N) is 1. The number of rotatable bonds is 3. The van der Waals surface area contributed by atoms with Gasteiger partial charge in [-0.15, -0.1) is 11.3 Å². The van der Waals surface area contributed by atoms with E-state index in [1.54, 1.807) is 23.5 Å². The number of hydrogen-bond acceptors (Lipinski definition) is 4. The first-order valence-corrected chi connectivity index (χ1v) is 6.45. The van der Waals surface area contributed by atoms with Crippen molar-refractivity contribution in [1.29, 1.82) is 0 Å². The molecule has 0 atom stereocenters. The van der Waals surface area contributed by atoms with Gasteiger partial charge in [-0.2, -0.15) is 0 Å². The predicted molar refractivity (Wildman–Crippen MR) is 74.2 cm³/mol. The van der Waals surface area contributed by atoms with E-state index < -0.39 is 0 Å². The zero-order chi connectivity index (χ0) is 12.4. The molecule has 0 aliphatic carbocycles. The first-order chi connectivity index (χ1) is 8.08. The van der Waals surface area contributed by atoms with Crippen LogP contribution in [0.3, 0.4) is 0 Å². The summed E-state index contributed by atoms with van der Waals surface area (Å²) in [4.78, 5) is 1.05. The summed E-state index contributed by atoms with van der Waals surface area (Å²) < 4.78 is 0. The van der Waals surface area contributed by atoms with E-state index in [1.165, 1.54) is 0 Å². The summed E-state index contributed by atoms with van der Waals surface area (Å²) in [5.41, 5.74) is 7.27. The molecule has 0 fully saturated rings. The maximum absolute atomic E-state index is 9.42. The molecule has 1 aromatic heterocycles. The Kier molecular flexibility index (Phi) is 3.66. The average molecular weight is 289 g/mol. The van der Waals surface area contributed by atoms with Crippen LogP contribution in [-0.4, -0.2) is 5.11 Å². The molecular formula is C11H10Cl2N2OS. The Bertz CT molecular complexity index is 519. The Morgan fingerprint density at radius 3 is 2.47 bits per heavy atom. The monoisotopic (exact) mass is 288 g/mol.